The number of rotatable bonds is 2. The fourth-order valence-corrected chi connectivity index (χ4v) is 8.66. The average molecular weight is 543 g/mol. The van der Waals surface area contributed by atoms with E-state index in [0.29, 0.717) is 0 Å². The number of fused-ring (bicyclic) bond motifs is 8. The maximum atomic E-state index is 2.42. The quantitative estimate of drug-likeness (QED) is 0.191. The van der Waals surface area contributed by atoms with Gasteiger partial charge in [-0.05, 0) is 84.2 Å². The maximum Gasteiger partial charge on any atom is 0.0442 e. The SMILES string of the molecule is c1ccc2cc(-c3c4ccccc4c(-c4ccc5c(c4)sc4c6ccsc6ccc54)c4ccccc34)ccc2c1. The van der Waals surface area contributed by atoms with Gasteiger partial charge in [0, 0.05) is 30.3 Å². The molecule has 2 heteroatoms. The molecule has 0 unspecified atom stereocenters. The standard InChI is InChI=1S/C38H22S2/c1-2-8-24-21-25(14-13-23(24)7-1)36-28-9-3-5-11-30(28)37(31-12-6-4-10-29(31)36)26-15-16-27-32-17-18-34-33(19-20-39-34)38(32)40-35(27)22-26/h1-22H. The van der Waals surface area contributed by atoms with E-state index in [1.807, 2.05) is 22.7 Å². The highest BCUT2D eigenvalue weighted by Gasteiger charge is 2.18. The van der Waals surface area contributed by atoms with E-state index in [-0.39, 0.29) is 0 Å². The molecule has 0 atom stereocenters. The van der Waals surface area contributed by atoms with E-state index in [1.54, 1.807) is 0 Å². The van der Waals surface area contributed by atoms with Gasteiger partial charge in [0.15, 0.2) is 0 Å². The van der Waals surface area contributed by atoms with Crippen LogP contribution in [0.5, 0.6) is 0 Å². The van der Waals surface area contributed by atoms with Gasteiger partial charge in [-0.3, -0.25) is 0 Å². The molecule has 0 spiro atoms. The minimum atomic E-state index is 1.26. The average Bonchev–Trinajstić information content (AvgIpc) is 3.64. The summed E-state index contributed by atoms with van der Waals surface area (Å²) in [6.07, 6.45) is 0. The number of hydrogen-bond acceptors (Lipinski definition) is 2. The summed E-state index contributed by atoms with van der Waals surface area (Å²) in [5.74, 6) is 0. The third-order valence-corrected chi connectivity index (χ3v) is 10.4. The molecule has 7 aromatic carbocycles. The number of thiophene rings is 2. The van der Waals surface area contributed by atoms with E-state index in [9.17, 15) is 0 Å². The van der Waals surface area contributed by atoms with Gasteiger partial charge in [0.25, 0.3) is 0 Å². The Morgan fingerprint density at radius 1 is 0.375 bits per heavy atom. The molecule has 186 valence electrons. The zero-order valence-corrected chi connectivity index (χ0v) is 23.2. The van der Waals surface area contributed by atoms with Crippen molar-refractivity contribution >= 4 is 85.2 Å². The molecule has 0 amide bonds. The van der Waals surface area contributed by atoms with E-state index in [1.165, 1.54) is 84.8 Å². The zero-order chi connectivity index (χ0) is 26.2. The Bertz CT molecular complexity index is 2380. The van der Waals surface area contributed by atoms with Crippen LogP contribution in [-0.2, 0) is 0 Å². The van der Waals surface area contributed by atoms with Crippen molar-refractivity contribution in [1.29, 1.82) is 0 Å². The first kappa shape index (κ1) is 22.3. The van der Waals surface area contributed by atoms with Gasteiger partial charge in [-0.25, -0.2) is 0 Å². The monoisotopic (exact) mass is 542 g/mol. The van der Waals surface area contributed by atoms with E-state index in [2.05, 4.69) is 133 Å². The lowest BCUT2D eigenvalue weighted by molar-refractivity contribution is 1.69. The van der Waals surface area contributed by atoms with E-state index < -0.39 is 0 Å². The lowest BCUT2D eigenvalue weighted by atomic mass is 9.85. The topological polar surface area (TPSA) is 0 Å². The normalized spacial score (nSPS) is 12.0. The van der Waals surface area contributed by atoms with Gasteiger partial charge in [0.1, 0.15) is 0 Å². The summed E-state index contributed by atoms with van der Waals surface area (Å²) >= 11 is 3.74. The van der Waals surface area contributed by atoms with Gasteiger partial charge in [-0.1, -0.05) is 103 Å². The molecule has 0 fully saturated rings. The molecule has 9 rings (SSSR count). The summed E-state index contributed by atoms with van der Waals surface area (Å²) in [4.78, 5) is 0. The Labute approximate surface area is 239 Å². The van der Waals surface area contributed by atoms with Crippen LogP contribution in [0.3, 0.4) is 0 Å². The third kappa shape index (κ3) is 3.18. The lowest BCUT2D eigenvalue weighted by Gasteiger charge is -2.18. The van der Waals surface area contributed by atoms with Gasteiger partial charge in [0.2, 0.25) is 0 Å². The molecule has 2 aromatic heterocycles. The van der Waals surface area contributed by atoms with E-state index >= 15 is 0 Å². The number of hydrogen-bond donors (Lipinski definition) is 0. The first-order valence-corrected chi connectivity index (χ1v) is 15.3. The summed E-state index contributed by atoms with van der Waals surface area (Å²) in [6, 6.07) is 47.3. The molecule has 0 radical (unpaired) electrons. The maximum absolute atomic E-state index is 2.42. The van der Waals surface area contributed by atoms with Crippen LogP contribution in [0.25, 0.3) is 84.8 Å². The van der Waals surface area contributed by atoms with E-state index in [0.717, 1.165) is 0 Å². The summed E-state index contributed by atoms with van der Waals surface area (Å²) in [5.41, 5.74) is 5.16. The van der Waals surface area contributed by atoms with Crippen LogP contribution < -0.4 is 0 Å². The van der Waals surface area contributed by atoms with Gasteiger partial charge < -0.3 is 0 Å². The number of benzene rings is 7. The van der Waals surface area contributed by atoms with Crippen LogP contribution in [0.4, 0.5) is 0 Å². The van der Waals surface area contributed by atoms with E-state index in [4.69, 9.17) is 0 Å². The first-order chi connectivity index (χ1) is 19.8. The molecule has 0 N–H and O–H groups in total. The van der Waals surface area contributed by atoms with Crippen LogP contribution >= 0.6 is 22.7 Å². The smallest absolute Gasteiger partial charge is 0.0442 e. The van der Waals surface area contributed by atoms with Crippen molar-refractivity contribution < 1.29 is 0 Å². The molecule has 40 heavy (non-hydrogen) atoms. The second-order valence-electron chi connectivity index (χ2n) is 10.5. The molecule has 0 bridgehead atoms. The minimum absolute atomic E-state index is 1.26. The Morgan fingerprint density at radius 2 is 0.975 bits per heavy atom. The molecule has 0 aliphatic carbocycles. The summed E-state index contributed by atoms with van der Waals surface area (Å²) in [5, 5.41) is 14.0. The fraction of sp³-hybridized carbons (Fsp3) is 0. The van der Waals surface area contributed by atoms with Crippen molar-refractivity contribution in [2.24, 2.45) is 0 Å². The molecular formula is C38H22S2. The largest absolute Gasteiger partial charge is 0.144 e. The minimum Gasteiger partial charge on any atom is -0.144 e. The highest BCUT2D eigenvalue weighted by Crippen LogP contribution is 2.46. The summed E-state index contributed by atoms with van der Waals surface area (Å²) in [6.45, 7) is 0. The Kier molecular flexibility index (Phi) is 4.74. The predicted octanol–water partition coefficient (Wildman–Crippen LogP) is 12.1. The van der Waals surface area contributed by atoms with Crippen molar-refractivity contribution in [3.05, 3.63) is 133 Å². The van der Waals surface area contributed by atoms with Crippen molar-refractivity contribution in [3.8, 4) is 22.3 Å². The van der Waals surface area contributed by atoms with Crippen LogP contribution in [0.15, 0.2) is 133 Å². The van der Waals surface area contributed by atoms with Gasteiger partial charge in [-0.2, -0.15) is 0 Å². The molecule has 9 aromatic rings. The van der Waals surface area contributed by atoms with Gasteiger partial charge >= 0.3 is 0 Å². The first-order valence-electron chi connectivity index (χ1n) is 13.6. The molecule has 0 aliphatic heterocycles. The Hall–Kier alpha value is -4.50. The van der Waals surface area contributed by atoms with Crippen molar-refractivity contribution in [1.82, 2.24) is 0 Å². The van der Waals surface area contributed by atoms with Crippen molar-refractivity contribution in [2.45, 2.75) is 0 Å². The molecule has 0 nitrogen and oxygen atoms in total. The Balaban J connectivity index is 1.36. The van der Waals surface area contributed by atoms with Crippen LogP contribution in [0, 0.1) is 0 Å². The highest BCUT2D eigenvalue weighted by atomic mass is 32.1. The van der Waals surface area contributed by atoms with Crippen LogP contribution in [-0.4, -0.2) is 0 Å². The molecule has 2 heterocycles. The summed E-state index contributed by atoms with van der Waals surface area (Å²) < 4.78 is 4.10. The zero-order valence-electron chi connectivity index (χ0n) is 21.5. The van der Waals surface area contributed by atoms with Gasteiger partial charge in [0.05, 0.1) is 0 Å². The second kappa shape index (κ2) is 8.50. The van der Waals surface area contributed by atoms with Crippen molar-refractivity contribution in [2.75, 3.05) is 0 Å². The predicted molar refractivity (Wildman–Crippen MR) is 178 cm³/mol. The lowest BCUT2D eigenvalue weighted by Crippen LogP contribution is -1.90. The van der Waals surface area contributed by atoms with Crippen molar-refractivity contribution in [3.63, 3.8) is 0 Å². The molecule has 0 saturated heterocycles. The second-order valence-corrected chi connectivity index (χ2v) is 12.5. The van der Waals surface area contributed by atoms with Gasteiger partial charge in [-0.15, -0.1) is 22.7 Å². The molecular weight excluding hydrogens is 521 g/mol. The molecule has 0 aliphatic rings. The Morgan fingerprint density at radius 3 is 1.70 bits per heavy atom. The molecule has 0 saturated carbocycles. The highest BCUT2D eigenvalue weighted by molar-refractivity contribution is 7.27. The third-order valence-electron chi connectivity index (χ3n) is 8.33. The fourth-order valence-electron chi connectivity index (χ4n) is 6.53. The van der Waals surface area contributed by atoms with Crippen LogP contribution in [0.1, 0.15) is 0 Å². The van der Waals surface area contributed by atoms with Crippen LogP contribution in [0.2, 0.25) is 0 Å². The summed E-state index contributed by atoms with van der Waals surface area (Å²) in [7, 11) is 0.